The van der Waals surface area contributed by atoms with Crippen molar-refractivity contribution >= 4 is 6.08 Å². The Morgan fingerprint density at radius 3 is 2.23 bits per heavy atom. The highest BCUT2D eigenvalue weighted by molar-refractivity contribution is 5.49. The molecule has 1 aromatic carbocycles. The summed E-state index contributed by atoms with van der Waals surface area (Å²) in [6.45, 7) is 3.38. The van der Waals surface area contributed by atoms with Gasteiger partial charge in [-0.2, -0.15) is 0 Å². The van der Waals surface area contributed by atoms with Gasteiger partial charge in [-0.25, -0.2) is 4.39 Å². The highest BCUT2D eigenvalue weighted by Gasteiger charge is 2.05. The van der Waals surface area contributed by atoms with Gasteiger partial charge in [-0.3, -0.25) is 0 Å². The van der Waals surface area contributed by atoms with Crippen LogP contribution in [0.4, 0.5) is 4.39 Å². The van der Waals surface area contributed by atoms with Crippen LogP contribution in [0.3, 0.4) is 0 Å². The second-order valence-electron chi connectivity index (χ2n) is 3.54. The first-order valence-electron chi connectivity index (χ1n) is 4.14. The third-order valence-electron chi connectivity index (χ3n) is 1.55. The molecule has 0 radical (unpaired) electrons. The summed E-state index contributed by atoms with van der Waals surface area (Å²) in [6, 6.07) is 6.11. The zero-order valence-corrected chi connectivity index (χ0v) is 7.79. The standard InChI is InChI=1S/C11H13FO/c1-11(2,13)8-7-9-3-5-10(12)6-4-9/h3-8,13H,1-2H3/b8-7+. The summed E-state index contributed by atoms with van der Waals surface area (Å²) in [4.78, 5) is 0. The van der Waals surface area contributed by atoms with Gasteiger partial charge >= 0.3 is 0 Å². The van der Waals surface area contributed by atoms with Crippen molar-refractivity contribution in [3.63, 3.8) is 0 Å². The molecule has 0 bridgehead atoms. The second kappa shape index (κ2) is 3.71. The largest absolute Gasteiger partial charge is 0.386 e. The van der Waals surface area contributed by atoms with Gasteiger partial charge in [0.25, 0.3) is 0 Å². The molecule has 0 saturated carbocycles. The number of aliphatic hydroxyl groups is 1. The second-order valence-corrected chi connectivity index (χ2v) is 3.54. The summed E-state index contributed by atoms with van der Waals surface area (Å²) in [7, 11) is 0. The highest BCUT2D eigenvalue weighted by atomic mass is 19.1. The van der Waals surface area contributed by atoms with Crippen molar-refractivity contribution in [2.24, 2.45) is 0 Å². The van der Waals surface area contributed by atoms with E-state index in [0.29, 0.717) is 0 Å². The van der Waals surface area contributed by atoms with Gasteiger partial charge in [-0.05, 0) is 31.5 Å². The molecule has 0 amide bonds. The van der Waals surface area contributed by atoms with Crippen molar-refractivity contribution < 1.29 is 9.50 Å². The molecule has 0 fully saturated rings. The molecular formula is C11H13FO. The van der Waals surface area contributed by atoms with Crippen LogP contribution in [-0.2, 0) is 0 Å². The average Bonchev–Trinajstić information content (AvgIpc) is 2.02. The third kappa shape index (κ3) is 3.85. The van der Waals surface area contributed by atoms with Gasteiger partial charge in [0.1, 0.15) is 5.82 Å². The molecule has 0 spiro atoms. The predicted octanol–water partition coefficient (Wildman–Crippen LogP) is 2.61. The van der Waals surface area contributed by atoms with E-state index in [1.54, 1.807) is 38.1 Å². The molecule has 0 aromatic heterocycles. The first-order valence-corrected chi connectivity index (χ1v) is 4.14. The smallest absolute Gasteiger partial charge is 0.123 e. The molecule has 0 heterocycles. The first kappa shape index (κ1) is 9.93. The van der Waals surface area contributed by atoms with Crippen molar-refractivity contribution in [2.75, 3.05) is 0 Å². The molecule has 13 heavy (non-hydrogen) atoms. The molecular weight excluding hydrogens is 167 g/mol. The number of hydrogen-bond donors (Lipinski definition) is 1. The quantitative estimate of drug-likeness (QED) is 0.741. The number of hydrogen-bond acceptors (Lipinski definition) is 1. The van der Waals surface area contributed by atoms with E-state index in [-0.39, 0.29) is 5.82 Å². The van der Waals surface area contributed by atoms with Crippen LogP contribution in [0.1, 0.15) is 19.4 Å². The highest BCUT2D eigenvalue weighted by Crippen LogP contribution is 2.09. The minimum Gasteiger partial charge on any atom is -0.386 e. The van der Waals surface area contributed by atoms with Crippen molar-refractivity contribution in [2.45, 2.75) is 19.4 Å². The number of rotatable bonds is 2. The van der Waals surface area contributed by atoms with Gasteiger partial charge in [0, 0.05) is 0 Å². The Bertz CT molecular complexity index is 293. The third-order valence-corrected chi connectivity index (χ3v) is 1.55. The Balaban J connectivity index is 2.75. The minimum absolute atomic E-state index is 0.250. The van der Waals surface area contributed by atoms with Crippen LogP contribution < -0.4 is 0 Å². The normalized spacial score (nSPS) is 12.3. The summed E-state index contributed by atoms with van der Waals surface area (Å²) in [6.07, 6.45) is 3.43. The summed E-state index contributed by atoms with van der Waals surface area (Å²) in [5.41, 5.74) is 0.0533. The molecule has 1 rings (SSSR count). The molecule has 1 nitrogen and oxygen atoms in total. The van der Waals surface area contributed by atoms with E-state index in [2.05, 4.69) is 0 Å². The van der Waals surface area contributed by atoms with E-state index < -0.39 is 5.60 Å². The summed E-state index contributed by atoms with van der Waals surface area (Å²) in [5.74, 6) is -0.250. The molecule has 0 atom stereocenters. The van der Waals surface area contributed by atoms with Crippen molar-refractivity contribution in [3.05, 3.63) is 41.7 Å². The van der Waals surface area contributed by atoms with Crippen LogP contribution in [0.5, 0.6) is 0 Å². The Labute approximate surface area is 77.5 Å². The molecule has 1 aromatic rings. The number of halogens is 1. The lowest BCUT2D eigenvalue weighted by atomic mass is 10.1. The topological polar surface area (TPSA) is 20.2 Å². The van der Waals surface area contributed by atoms with E-state index in [1.807, 2.05) is 0 Å². The van der Waals surface area contributed by atoms with Gasteiger partial charge in [0.05, 0.1) is 5.60 Å². The zero-order chi connectivity index (χ0) is 9.90. The molecule has 2 heteroatoms. The first-order chi connectivity index (χ1) is 5.97. The molecule has 1 N–H and O–H groups in total. The fourth-order valence-corrected chi connectivity index (χ4v) is 0.874. The lowest BCUT2D eigenvalue weighted by Gasteiger charge is -2.09. The van der Waals surface area contributed by atoms with E-state index in [1.165, 1.54) is 12.1 Å². The SMILES string of the molecule is CC(C)(O)/C=C/c1ccc(F)cc1. The van der Waals surface area contributed by atoms with Gasteiger partial charge in [0.15, 0.2) is 0 Å². The molecule has 0 saturated heterocycles. The maximum atomic E-state index is 12.5. The van der Waals surface area contributed by atoms with Gasteiger partial charge in [0.2, 0.25) is 0 Å². The fourth-order valence-electron chi connectivity index (χ4n) is 0.874. The molecule has 0 unspecified atom stereocenters. The molecule has 0 aliphatic rings. The maximum absolute atomic E-state index is 12.5. The minimum atomic E-state index is -0.825. The van der Waals surface area contributed by atoms with Gasteiger partial charge < -0.3 is 5.11 Å². The fraction of sp³-hybridized carbons (Fsp3) is 0.273. The van der Waals surface area contributed by atoms with Gasteiger partial charge in [-0.15, -0.1) is 0 Å². The van der Waals surface area contributed by atoms with E-state index in [9.17, 15) is 9.50 Å². The summed E-state index contributed by atoms with van der Waals surface area (Å²) >= 11 is 0. The zero-order valence-electron chi connectivity index (χ0n) is 7.79. The summed E-state index contributed by atoms with van der Waals surface area (Å²) < 4.78 is 12.5. The molecule has 0 aliphatic carbocycles. The Kier molecular flexibility index (Phi) is 2.83. The van der Waals surface area contributed by atoms with Crippen LogP contribution in [0.2, 0.25) is 0 Å². The Morgan fingerprint density at radius 2 is 1.77 bits per heavy atom. The van der Waals surface area contributed by atoms with Crippen LogP contribution >= 0.6 is 0 Å². The summed E-state index contributed by atoms with van der Waals surface area (Å²) in [5, 5.41) is 9.37. The van der Waals surface area contributed by atoms with Crippen molar-refractivity contribution in [3.8, 4) is 0 Å². The lowest BCUT2D eigenvalue weighted by Crippen LogP contribution is -2.13. The molecule has 70 valence electrons. The number of benzene rings is 1. The van der Waals surface area contributed by atoms with Crippen molar-refractivity contribution in [1.29, 1.82) is 0 Å². The van der Waals surface area contributed by atoms with Crippen molar-refractivity contribution in [1.82, 2.24) is 0 Å². The van der Waals surface area contributed by atoms with Crippen LogP contribution in [0.25, 0.3) is 6.08 Å². The average molecular weight is 180 g/mol. The van der Waals surface area contributed by atoms with E-state index in [4.69, 9.17) is 0 Å². The monoisotopic (exact) mass is 180 g/mol. The van der Waals surface area contributed by atoms with Crippen LogP contribution in [0, 0.1) is 5.82 Å². The van der Waals surface area contributed by atoms with E-state index in [0.717, 1.165) is 5.56 Å². The van der Waals surface area contributed by atoms with Crippen LogP contribution in [0.15, 0.2) is 30.3 Å². The van der Waals surface area contributed by atoms with E-state index >= 15 is 0 Å². The lowest BCUT2D eigenvalue weighted by molar-refractivity contribution is 0.134. The Morgan fingerprint density at radius 1 is 1.23 bits per heavy atom. The van der Waals surface area contributed by atoms with Crippen LogP contribution in [-0.4, -0.2) is 10.7 Å². The maximum Gasteiger partial charge on any atom is 0.123 e. The Hall–Kier alpha value is -1.15. The molecule has 0 aliphatic heterocycles. The predicted molar refractivity (Wildman–Crippen MR) is 51.7 cm³/mol. The van der Waals surface area contributed by atoms with Gasteiger partial charge in [-0.1, -0.05) is 24.3 Å².